The van der Waals surface area contributed by atoms with Crippen LogP contribution in [0.25, 0.3) is 0 Å². The molecule has 0 bridgehead atoms. The molecule has 0 aliphatic rings. The summed E-state index contributed by atoms with van der Waals surface area (Å²) in [5, 5.41) is 0. The normalized spacial score (nSPS) is 11.8. The van der Waals surface area contributed by atoms with Crippen molar-refractivity contribution in [1.29, 1.82) is 0 Å². The number of halogens is 3. The molecule has 0 aliphatic carbocycles. The molecule has 1 nitrogen and oxygen atoms in total. The number of nitrogens with zero attached hydrogens (tertiary/aromatic N) is 1. The number of unbranched alkanes of at least 4 members (excludes halogenated alkanes) is 4. The number of rotatable bonds is 6. The smallest absolute Gasteiger partial charge is 0.248 e. The predicted molar refractivity (Wildman–Crippen MR) is 61.7 cm³/mol. The quantitative estimate of drug-likeness (QED) is 0.667. The molecule has 1 heterocycles. The van der Waals surface area contributed by atoms with E-state index < -0.39 is 11.9 Å². The third-order valence-corrected chi connectivity index (χ3v) is 2.63. The van der Waals surface area contributed by atoms with Crippen molar-refractivity contribution in [3.05, 3.63) is 29.6 Å². The molecule has 0 saturated carbocycles. The van der Waals surface area contributed by atoms with Gasteiger partial charge in [0.2, 0.25) is 0 Å². The molecule has 0 saturated heterocycles. The van der Waals surface area contributed by atoms with Gasteiger partial charge in [-0.2, -0.15) is 13.2 Å². The first kappa shape index (κ1) is 14.0. The van der Waals surface area contributed by atoms with E-state index in [-0.39, 0.29) is 0 Å². The van der Waals surface area contributed by atoms with E-state index in [1.807, 2.05) is 0 Å². The van der Waals surface area contributed by atoms with Gasteiger partial charge in [0.25, 0.3) is 0 Å². The number of hydrogen-bond acceptors (Lipinski definition) is 1. The predicted octanol–water partition coefficient (Wildman–Crippen LogP) is 4.61. The summed E-state index contributed by atoms with van der Waals surface area (Å²) in [5.41, 5.74) is -0.250. The van der Waals surface area contributed by atoms with Gasteiger partial charge in [-0.15, -0.1) is 0 Å². The Labute approximate surface area is 100 Å². The lowest BCUT2D eigenvalue weighted by Gasteiger charge is -2.07. The molecule has 1 rings (SSSR count). The molecule has 0 aliphatic heterocycles. The van der Waals surface area contributed by atoms with E-state index in [0.717, 1.165) is 25.3 Å². The van der Waals surface area contributed by atoms with Gasteiger partial charge in [-0.05, 0) is 25.0 Å². The molecule has 17 heavy (non-hydrogen) atoms. The Morgan fingerprint density at radius 3 is 2.41 bits per heavy atom. The second-order valence-electron chi connectivity index (χ2n) is 4.18. The van der Waals surface area contributed by atoms with Crippen molar-refractivity contribution < 1.29 is 13.2 Å². The van der Waals surface area contributed by atoms with Crippen LogP contribution in [0, 0.1) is 0 Å². The van der Waals surface area contributed by atoms with Crippen LogP contribution in [0.2, 0.25) is 0 Å². The fraction of sp³-hybridized carbons (Fsp3) is 0.615. The maximum Gasteiger partial charge on any atom is 0.433 e. The number of hydrogen-bond donors (Lipinski definition) is 0. The zero-order valence-corrected chi connectivity index (χ0v) is 10.1. The summed E-state index contributed by atoms with van der Waals surface area (Å²) < 4.78 is 37.2. The average molecular weight is 245 g/mol. The van der Waals surface area contributed by atoms with Crippen LogP contribution in [-0.2, 0) is 12.6 Å². The molecule has 0 N–H and O–H groups in total. The van der Waals surface area contributed by atoms with E-state index in [0.29, 0.717) is 12.1 Å². The van der Waals surface area contributed by atoms with Crippen LogP contribution < -0.4 is 0 Å². The first-order valence-corrected chi connectivity index (χ1v) is 6.07. The Morgan fingerprint density at radius 2 is 1.76 bits per heavy atom. The van der Waals surface area contributed by atoms with Gasteiger partial charge in [-0.25, -0.2) is 4.98 Å². The Hall–Kier alpha value is -1.06. The Morgan fingerprint density at radius 1 is 1.06 bits per heavy atom. The summed E-state index contributed by atoms with van der Waals surface area (Å²) in [6.07, 6.45) is 1.78. The number of aryl methyl sites for hydroxylation is 1. The summed E-state index contributed by atoms with van der Waals surface area (Å²) in [7, 11) is 0. The van der Waals surface area contributed by atoms with Crippen molar-refractivity contribution in [3.63, 3.8) is 0 Å². The molecule has 0 atom stereocenters. The van der Waals surface area contributed by atoms with Crippen molar-refractivity contribution in [2.75, 3.05) is 0 Å². The van der Waals surface area contributed by atoms with Gasteiger partial charge in [0.1, 0.15) is 5.69 Å². The van der Waals surface area contributed by atoms with Gasteiger partial charge in [-0.3, -0.25) is 0 Å². The largest absolute Gasteiger partial charge is 0.433 e. The maximum atomic E-state index is 12.4. The molecule has 0 radical (unpaired) electrons. The zero-order chi connectivity index (χ0) is 12.7. The molecule has 0 amide bonds. The molecule has 0 fully saturated rings. The number of aromatic nitrogens is 1. The number of alkyl halides is 3. The van der Waals surface area contributed by atoms with E-state index in [1.54, 1.807) is 6.07 Å². The summed E-state index contributed by atoms with van der Waals surface area (Å²) in [4.78, 5) is 3.64. The maximum absolute atomic E-state index is 12.4. The minimum absolute atomic E-state index is 0.538. The van der Waals surface area contributed by atoms with Crippen molar-refractivity contribution >= 4 is 0 Å². The minimum Gasteiger partial charge on any atom is -0.248 e. The van der Waals surface area contributed by atoms with Gasteiger partial charge in [0.05, 0.1) is 0 Å². The first-order chi connectivity index (χ1) is 8.04. The zero-order valence-electron chi connectivity index (χ0n) is 10.1. The molecule has 1 aromatic rings. The highest BCUT2D eigenvalue weighted by Crippen LogP contribution is 2.27. The van der Waals surface area contributed by atoms with Gasteiger partial charge in [0.15, 0.2) is 0 Å². The average Bonchev–Trinajstić information content (AvgIpc) is 2.28. The highest BCUT2D eigenvalue weighted by Gasteiger charge is 2.32. The van der Waals surface area contributed by atoms with Crippen LogP contribution in [0.5, 0.6) is 0 Å². The minimum atomic E-state index is -4.34. The second-order valence-corrected chi connectivity index (χ2v) is 4.18. The van der Waals surface area contributed by atoms with E-state index >= 15 is 0 Å². The van der Waals surface area contributed by atoms with Crippen molar-refractivity contribution in [2.45, 2.75) is 51.6 Å². The summed E-state index contributed by atoms with van der Waals surface area (Å²) in [6, 6.07) is 4.10. The van der Waals surface area contributed by atoms with Crippen LogP contribution in [-0.4, -0.2) is 4.98 Å². The van der Waals surface area contributed by atoms with Crippen LogP contribution >= 0.6 is 0 Å². The lowest BCUT2D eigenvalue weighted by molar-refractivity contribution is -0.141. The third-order valence-electron chi connectivity index (χ3n) is 2.63. The van der Waals surface area contributed by atoms with Gasteiger partial charge in [-0.1, -0.05) is 38.7 Å². The van der Waals surface area contributed by atoms with Crippen LogP contribution in [0.3, 0.4) is 0 Å². The topological polar surface area (TPSA) is 12.9 Å². The lowest BCUT2D eigenvalue weighted by atomic mass is 10.1. The summed E-state index contributed by atoms with van der Waals surface area (Å²) in [6.45, 7) is 2.13. The van der Waals surface area contributed by atoms with E-state index in [2.05, 4.69) is 11.9 Å². The van der Waals surface area contributed by atoms with Crippen molar-refractivity contribution in [1.82, 2.24) is 4.98 Å². The standard InChI is InChI=1S/C13H18F3N/c1-2-3-4-5-6-8-11-9-7-10-12(17-11)13(14,15)16/h7,9-10H,2-6,8H2,1H3. The fourth-order valence-electron chi connectivity index (χ4n) is 1.69. The second kappa shape index (κ2) is 6.62. The summed E-state index contributed by atoms with van der Waals surface area (Å²) >= 11 is 0. The molecule has 96 valence electrons. The lowest BCUT2D eigenvalue weighted by Crippen LogP contribution is -2.09. The molecule has 0 unspecified atom stereocenters. The van der Waals surface area contributed by atoms with Crippen LogP contribution in [0.15, 0.2) is 18.2 Å². The molecule has 4 heteroatoms. The first-order valence-electron chi connectivity index (χ1n) is 6.07. The number of pyridine rings is 1. The van der Waals surface area contributed by atoms with Crippen LogP contribution in [0.1, 0.15) is 50.4 Å². The SMILES string of the molecule is CCCCCCCc1cccc(C(F)(F)F)n1. The molecular weight excluding hydrogens is 227 g/mol. The van der Waals surface area contributed by atoms with Gasteiger partial charge in [0, 0.05) is 5.69 Å². The highest BCUT2D eigenvalue weighted by atomic mass is 19.4. The van der Waals surface area contributed by atoms with E-state index in [9.17, 15) is 13.2 Å². The van der Waals surface area contributed by atoms with Crippen molar-refractivity contribution in [2.24, 2.45) is 0 Å². The Kier molecular flexibility index (Phi) is 5.45. The highest BCUT2D eigenvalue weighted by molar-refractivity contribution is 5.13. The molecule has 1 aromatic heterocycles. The molecule has 0 aromatic carbocycles. The fourth-order valence-corrected chi connectivity index (χ4v) is 1.69. The third kappa shape index (κ3) is 5.20. The summed E-state index contributed by atoms with van der Waals surface area (Å²) in [5.74, 6) is 0. The van der Waals surface area contributed by atoms with Crippen molar-refractivity contribution in [3.8, 4) is 0 Å². The van der Waals surface area contributed by atoms with Gasteiger partial charge < -0.3 is 0 Å². The molecule has 0 spiro atoms. The van der Waals surface area contributed by atoms with Gasteiger partial charge >= 0.3 is 6.18 Å². The van der Waals surface area contributed by atoms with E-state index in [1.165, 1.54) is 18.9 Å². The van der Waals surface area contributed by atoms with E-state index in [4.69, 9.17) is 0 Å². The van der Waals surface area contributed by atoms with Crippen LogP contribution in [0.4, 0.5) is 13.2 Å². The monoisotopic (exact) mass is 245 g/mol. The Bertz CT molecular complexity index is 334. The Balaban J connectivity index is 2.44. The molecular formula is C13H18F3N.